The van der Waals surface area contributed by atoms with Crippen LogP contribution in [0.25, 0.3) is 0 Å². The number of nitrogens with zero attached hydrogens (tertiary/aromatic N) is 2. The molecule has 1 amide bonds. The number of hydrogen-bond donors (Lipinski definition) is 1. The van der Waals surface area contributed by atoms with Gasteiger partial charge in [-0.2, -0.15) is 0 Å². The zero-order valence-electron chi connectivity index (χ0n) is 15.4. The maximum absolute atomic E-state index is 12.9. The number of aromatic carboxylic acids is 1. The third-order valence-corrected chi connectivity index (χ3v) is 5.55. The molecule has 29 heavy (non-hydrogen) atoms. The van der Waals surface area contributed by atoms with Gasteiger partial charge in [0.25, 0.3) is 0 Å². The highest BCUT2D eigenvalue weighted by Crippen LogP contribution is 2.24. The van der Waals surface area contributed by atoms with Crippen molar-refractivity contribution in [3.05, 3.63) is 86.5 Å². The highest BCUT2D eigenvalue weighted by atomic mass is 79.9. The normalized spacial score (nSPS) is 11.2. The number of thiophene rings is 1. The SMILES string of the molecule is C/C(=N\OC(=O)N(Cc1ccc(Br)cc1)c1ccccc1C(=O)O)c1cccs1. The fourth-order valence-corrected chi connectivity index (χ4v) is 3.53. The van der Waals surface area contributed by atoms with Gasteiger partial charge in [-0.1, -0.05) is 51.4 Å². The fourth-order valence-electron chi connectivity index (χ4n) is 2.60. The van der Waals surface area contributed by atoms with E-state index >= 15 is 0 Å². The minimum Gasteiger partial charge on any atom is -0.478 e. The molecule has 3 rings (SSSR count). The van der Waals surface area contributed by atoms with Crippen LogP contribution in [0.15, 0.2) is 75.7 Å². The lowest BCUT2D eigenvalue weighted by Gasteiger charge is -2.22. The Labute approximate surface area is 180 Å². The number of halogens is 1. The highest BCUT2D eigenvalue weighted by molar-refractivity contribution is 9.10. The second kappa shape index (κ2) is 9.49. The molecule has 0 aliphatic carbocycles. The van der Waals surface area contributed by atoms with Crippen molar-refractivity contribution in [2.45, 2.75) is 13.5 Å². The molecule has 1 aromatic heterocycles. The second-order valence-corrected chi connectivity index (χ2v) is 7.91. The molecular formula is C21H17BrN2O4S. The molecule has 0 radical (unpaired) electrons. The zero-order chi connectivity index (χ0) is 20.8. The minimum atomic E-state index is -1.13. The Hall–Kier alpha value is -2.97. The van der Waals surface area contributed by atoms with Gasteiger partial charge in [-0.25, -0.2) is 9.59 Å². The minimum absolute atomic E-state index is 0.000481. The molecule has 3 aromatic rings. The number of oxime groups is 1. The average molecular weight is 473 g/mol. The lowest BCUT2D eigenvalue weighted by Crippen LogP contribution is -2.31. The first kappa shape index (κ1) is 20.8. The van der Waals surface area contributed by atoms with Gasteiger partial charge >= 0.3 is 12.1 Å². The van der Waals surface area contributed by atoms with Gasteiger partial charge in [0.05, 0.1) is 28.4 Å². The van der Waals surface area contributed by atoms with E-state index in [1.165, 1.54) is 22.3 Å². The summed E-state index contributed by atoms with van der Waals surface area (Å²) in [6.45, 7) is 1.87. The van der Waals surface area contributed by atoms with Crippen molar-refractivity contribution in [2.75, 3.05) is 4.90 Å². The molecule has 0 saturated heterocycles. The number of carbonyl (C=O) groups excluding carboxylic acids is 1. The third-order valence-electron chi connectivity index (χ3n) is 4.04. The predicted molar refractivity (Wildman–Crippen MR) is 117 cm³/mol. The Morgan fingerprint density at radius 3 is 2.48 bits per heavy atom. The van der Waals surface area contributed by atoms with Gasteiger partial charge in [0.15, 0.2) is 0 Å². The molecule has 2 aromatic carbocycles. The topological polar surface area (TPSA) is 79.2 Å². The van der Waals surface area contributed by atoms with E-state index in [0.717, 1.165) is 14.9 Å². The summed E-state index contributed by atoms with van der Waals surface area (Å²) in [5.74, 6) is -1.13. The predicted octanol–water partition coefficient (Wildman–Crippen LogP) is 5.78. The molecule has 1 heterocycles. The van der Waals surface area contributed by atoms with Crippen LogP contribution in [0, 0.1) is 0 Å². The van der Waals surface area contributed by atoms with Gasteiger partial charge in [-0.3, -0.25) is 9.74 Å². The van der Waals surface area contributed by atoms with Gasteiger partial charge in [0.1, 0.15) is 0 Å². The van der Waals surface area contributed by atoms with Gasteiger partial charge in [0, 0.05) is 4.47 Å². The van der Waals surface area contributed by atoms with Gasteiger partial charge in [-0.05, 0) is 48.2 Å². The van der Waals surface area contributed by atoms with Gasteiger partial charge in [-0.15, -0.1) is 11.3 Å². The third kappa shape index (κ3) is 5.30. The van der Waals surface area contributed by atoms with Crippen LogP contribution in [0.2, 0.25) is 0 Å². The van der Waals surface area contributed by atoms with Crippen LogP contribution in [0.5, 0.6) is 0 Å². The highest BCUT2D eigenvalue weighted by Gasteiger charge is 2.23. The summed E-state index contributed by atoms with van der Waals surface area (Å²) in [5.41, 5.74) is 1.60. The van der Waals surface area contributed by atoms with Crippen LogP contribution in [-0.2, 0) is 11.4 Å². The van der Waals surface area contributed by atoms with Crippen LogP contribution in [0.4, 0.5) is 10.5 Å². The summed E-state index contributed by atoms with van der Waals surface area (Å²) in [6, 6.07) is 17.4. The van der Waals surface area contributed by atoms with E-state index < -0.39 is 12.1 Å². The molecule has 0 atom stereocenters. The molecule has 0 bridgehead atoms. The van der Waals surface area contributed by atoms with Crippen molar-refractivity contribution >= 4 is 50.7 Å². The lowest BCUT2D eigenvalue weighted by atomic mass is 10.1. The van der Waals surface area contributed by atoms with Crippen LogP contribution in [0.1, 0.15) is 27.7 Å². The van der Waals surface area contributed by atoms with Crippen molar-refractivity contribution in [1.82, 2.24) is 0 Å². The first-order chi connectivity index (χ1) is 14.0. The molecule has 0 spiro atoms. The molecule has 148 valence electrons. The van der Waals surface area contributed by atoms with E-state index in [1.54, 1.807) is 25.1 Å². The number of benzene rings is 2. The number of carbonyl (C=O) groups is 2. The molecule has 0 saturated carbocycles. The average Bonchev–Trinajstić information content (AvgIpc) is 3.26. The summed E-state index contributed by atoms with van der Waals surface area (Å²) >= 11 is 4.86. The molecule has 6 nitrogen and oxygen atoms in total. The summed E-state index contributed by atoms with van der Waals surface area (Å²) in [7, 11) is 0. The van der Waals surface area contributed by atoms with Gasteiger partial charge < -0.3 is 5.11 Å². The van der Waals surface area contributed by atoms with Crippen molar-refractivity contribution in [3.63, 3.8) is 0 Å². The summed E-state index contributed by atoms with van der Waals surface area (Å²) in [6.07, 6.45) is -0.766. The number of hydrogen-bond acceptors (Lipinski definition) is 5. The summed E-state index contributed by atoms with van der Waals surface area (Å²) in [4.78, 5) is 31.8. The van der Waals surface area contributed by atoms with E-state index in [-0.39, 0.29) is 17.8 Å². The number of rotatable bonds is 6. The summed E-state index contributed by atoms with van der Waals surface area (Å²) in [5, 5.41) is 15.4. The molecule has 0 aliphatic rings. The monoisotopic (exact) mass is 472 g/mol. The first-order valence-corrected chi connectivity index (χ1v) is 10.3. The Bertz CT molecular complexity index is 1030. The summed E-state index contributed by atoms with van der Waals surface area (Å²) < 4.78 is 0.900. The molecule has 0 unspecified atom stereocenters. The lowest BCUT2D eigenvalue weighted by molar-refractivity contribution is 0.0697. The number of carboxylic acid groups (broad SMARTS) is 1. The molecule has 1 N–H and O–H groups in total. The quantitative estimate of drug-likeness (QED) is 0.280. The molecule has 0 fully saturated rings. The smallest absolute Gasteiger partial charge is 0.440 e. The molecular weight excluding hydrogens is 456 g/mol. The van der Waals surface area contributed by atoms with Crippen molar-refractivity contribution < 1.29 is 19.5 Å². The van der Waals surface area contributed by atoms with Crippen LogP contribution in [0.3, 0.4) is 0 Å². The zero-order valence-corrected chi connectivity index (χ0v) is 17.8. The first-order valence-electron chi connectivity index (χ1n) is 8.59. The maximum atomic E-state index is 12.9. The number of amides is 1. The number of para-hydroxylation sites is 1. The largest absolute Gasteiger partial charge is 0.478 e. The van der Waals surface area contributed by atoms with Crippen LogP contribution < -0.4 is 4.90 Å². The molecule has 8 heteroatoms. The van der Waals surface area contributed by atoms with E-state index in [2.05, 4.69) is 21.1 Å². The van der Waals surface area contributed by atoms with Crippen molar-refractivity contribution in [1.29, 1.82) is 0 Å². The number of carboxylic acids is 1. The van der Waals surface area contributed by atoms with Crippen molar-refractivity contribution in [2.24, 2.45) is 5.16 Å². The van der Waals surface area contributed by atoms with Gasteiger partial charge in [0.2, 0.25) is 0 Å². The Balaban J connectivity index is 1.92. The van der Waals surface area contributed by atoms with E-state index in [1.807, 2.05) is 41.8 Å². The molecule has 0 aliphatic heterocycles. The maximum Gasteiger partial charge on any atom is 0.440 e. The van der Waals surface area contributed by atoms with Crippen LogP contribution in [-0.4, -0.2) is 22.9 Å². The van der Waals surface area contributed by atoms with E-state index in [0.29, 0.717) is 5.71 Å². The second-order valence-electron chi connectivity index (χ2n) is 6.05. The van der Waals surface area contributed by atoms with Crippen LogP contribution >= 0.6 is 27.3 Å². The standard InChI is InChI=1S/C21H17BrN2O4S/c1-14(19-7-4-12-29-19)23-28-21(27)24(13-15-8-10-16(22)11-9-15)18-6-3-2-5-17(18)20(25)26/h2-12H,13H2,1H3,(H,25,26)/b23-14+. The Morgan fingerprint density at radius 1 is 1.10 bits per heavy atom. The van der Waals surface area contributed by atoms with Crippen molar-refractivity contribution in [3.8, 4) is 0 Å². The number of anilines is 1. The van der Waals surface area contributed by atoms with E-state index in [9.17, 15) is 14.7 Å². The fraction of sp³-hybridized carbons (Fsp3) is 0.0952. The van der Waals surface area contributed by atoms with E-state index in [4.69, 9.17) is 4.84 Å². The Kier molecular flexibility index (Phi) is 6.79. The Morgan fingerprint density at radius 2 is 1.83 bits per heavy atom.